The summed E-state index contributed by atoms with van der Waals surface area (Å²) in [5.41, 5.74) is 0. The van der Waals surface area contributed by atoms with Gasteiger partial charge in [0.1, 0.15) is 18.0 Å². The normalized spacial score (nSPS) is 10.3. The summed E-state index contributed by atoms with van der Waals surface area (Å²) >= 11 is 0.861. The molecule has 0 radical (unpaired) electrons. The van der Waals surface area contributed by atoms with Gasteiger partial charge in [0, 0.05) is 0 Å². The number of halogens is 1. The van der Waals surface area contributed by atoms with Crippen molar-refractivity contribution in [3.63, 3.8) is 0 Å². The standard InChI is InChI=1S/C3H8ClNOS/c1-5(2)3-6-7-4/h3H2,1-2H3. The van der Waals surface area contributed by atoms with E-state index in [1.54, 1.807) is 0 Å². The number of nitrogens with zero attached hydrogens (tertiary/aromatic N) is 1. The van der Waals surface area contributed by atoms with Gasteiger partial charge in [-0.3, -0.25) is 9.08 Å². The summed E-state index contributed by atoms with van der Waals surface area (Å²) in [5.74, 6) is 0. The van der Waals surface area contributed by atoms with Crippen LogP contribution >= 0.6 is 21.9 Å². The average Bonchev–Trinajstić information content (AvgIpc) is 1.61. The molecule has 0 N–H and O–H groups in total. The second kappa shape index (κ2) is 4.71. The van der Waals surface area contributed by atoms with E-state index in [-0.39, 0.29) is 0 Å². The van der Waals surface area contributed by atoms with E-state index >= 15 is 0 Å². The Morgan fingerprint density at radius 3 is 2.43 bits per heavy atom. The van der Waals surface area contributed by atoms with Gasteiger partial charge < -0.3 is 0 Å². The SMILES string of the molecule is CN(C)COSCl. The molecule has 0 aromatic carbocycles. The largest absolute Gasteiger partial charge is 0.286 e. The van der Waals surface area contributed by atoms with Gasteiger partial charge in [0.2, 0.25) is 0 Å². The Labute approximate surface area is 52.5 Å². The predicted molar refractivity (Wildman–Crippen MR) is 33.1 cm³/mol. The fourth-order valence-corrected chi connectivity index (χ4v) is 0.496. The molecule has 0 unspecified atom stereocenters. The van der Waals surface area contributed by atoms with Crippen LogP contribution in [0.1, 0.15) is 0 Å². The lowest BCUT2D eigenvalue weighted by Crippen LogP contribution is -2.12. The minimum atomic E-state index is 0.564. The molecule has 0 aromatic heterocycles. The fourth-order valence-electron chi connectivity index (χ4n) is 0.125. The molecule has 0 bridgehead atoms. The summed E-state index contributed by atoms with van der Waals surface area (Å²) in [7, 11) is 8.93. The summed E-state index contributed by atoms with van der Waals surface area (Å²) in [4.78, 5) is 1.88. The lowest BCUT2D eigenvalue weighted by molar-refractivity contribution is 0.210. The van der Waals surface area contributed by atoms with Crippen molar-refractivity contribution >= 4 is 21.9 Å². The summed E-state index contributed by atoms with van der Waals surface area (Å²) in [5, 5.41) is 0. The van der Waals surface area contributed by atoms with Gasteiger partial charge in [-0.1, -0.05) is 0 Å². The van der Waals surface area contributed by atoms with Gasteiger partial charge in [-0.25, -0.2) is 0 Å². The van der Waals surface area contributed by atoms with E-state index < -0.39 is 0 Å². The van der Waals surface area contributed by atoms with Crippen LogP contribution < -0.4 is 0 Å². The van der Waals surface area contributed by atoms with E-state index in [4.69, 9.17) is 14.9 Å². The van der Waals surface area contributed by atoms with Crippen LogP contribution in [-0.4, -0.2) is 25.7 Å². The number of hydrogen-bond donors (Lipinski definition) is 0. The molecule has 4 heteroatoms. The van der Waals surface area contributed by atoms with Crippen LogP contribution in [0.3, 0.4) is 0 Å². The fraction of sp³-hybridized carbons (Fsp3) is 1.00. The monoisotopic (exact) mass is 141 g/mol. The molecule has 2 nitrogen and oxygen atoms in total. The van der Waals surface area contributed by atoms with E-state index in [1.165, 1.54) is 0 Å². The topological polar surface area (TPSA) is 12.5 Å². The lowest BCUT2D eigenvalue weighted by Gasteiger charge is -2.04. The minimum Gasteiger partial charge on any atom is -0.286 e. The summed E-state index contributed by atoms with van der Waals surface area (Å²) in [6.45, 7) is 0.564. The first kappa shape index (κ1) is 7.56. The van der Waals surface area contributed by atoms with Crippen molar-refractivity contribution in [2.75, 3.05) is 20.8 Å². The van der Waals surface area contributed by atoms with E-state index in [9.17, 15) is 0 Å². The second-order valence-corrected chi connectivity index (χ2v) is 2.13. The molecule has 0 spiro atoms. The maximum Gasteiger partial charge on any atom is 0.115 e. The van der Waals surface area contributed by atoms with E-state index in [2.05, 4.69) is 0 Å². The second-order valence-electron chi connectivity index (χ2n) is 1.39. The highest BCUT2D eigenvalue weighted by molar-refractivity contribution is 8.17. The van der Waals surface area contributed by atoms with E-state index in [0.717, 1.165) is 11.3 Å². The van der Waals surface area contributed by atoms with Gasteiger partial charge in [-0.05, 0) is 24.8 Å². The van der Waals surface area contributed by atoms with Crippen LogP contribution in [0.2, 0.25) is 0 Å². The molecule has 0 saturated heterocycles. The summed E-state index contributed by atoms with van der Waals surface area (Å²) in [6.07, 6.45) is 0. The van der Waals surface area contributed by atoms with Crippen LogP contribution in [-0.2, 0) is 4.18 Å². The Morgan fingerprint density at radius 2 is 2.29 bits per heavy atom. The Morgan fingerprint density at radius 1 is 1.71 bits per heavy atom. The molecule has 0 rings (SSSR count). The molecule has 0 aliphatic rings. The Balaban J connectivity index is 2.68. The van der Waals surface area contributed by atoms with Gasteiger partial charge in [0.05, 0.1) is 0 Å². The maximum atomic E-state index is 5.11. The van der Waals surface area contributed by atoms with Gasteiger partial charge in [-0.2, -0.15) is 0 Å². The zero-order valence-corrected chi connectivity index (χ0v) is 5.92. The molecular weight excluding hydrogens is 134 g/mol. The zero-order valence-electron chi connectivity index (χ0n) is 4.35. The van der Waals surface area contributed by atoms with E-state index in [0.29, 0.717) is 6.73 Å². The molecule has 0 amide bonds. The van der Waals surface area contributed by atoms with Crippen LogP contribution in [0.4, 0.5) is 0 Å². The first-order valence-electron chi connectivity index (χ1n) is 1.82. The third-order valence-electron chi connectivity index (χ3n) is 0.355. The lowest BCUT2D eigenvalue weighted by atomic mass is 11.0. The molecule has 0 heterocycles. The molecule has 0 saturated carbocycles. The molecule has 0 aliphatic heterocycles. The molecule has 0 atom stereocenters. The van der Waals surface area contributed by atoms with Crippen LogP contribution in [0.25, 0.3) is 0 Å². The molecule has 7 heavy (non-hydrogen) atoms. The smallest absolute Gasteiger partial charge is 0.115 e. The molecule has 0 aliphatic carbocycles. The highest BCUT2D eigenvalue weighted by Crippen LogP contribution is 2.06. The zero-order chi connectivity index (χ0) is 5.70. The Hall–Kier alpha value is 0.560. The average molecular weight is 142 g/mol. The van der Waals surface area contributed by atoms with Gasteiger partial charge >= 0.3 is 0 Å². The third-order valence-corrected chi connectivity index (χ3v) is 0.817. The Kier molecular flexibility index (Phi) is 5.09. The summed E-state index contributed by atoms with van der Waals surface area (Å²) < 4.78 is 4.70. The van der Waals surface area contributed by atoms with Crippen molar-refractivity contribution in [3.05, 3.63) is 0 Å². The van der Waals surface area contributed by atoms with Crippen LogP contribution in [0, 0.1) is 0 Å². The highest BCUT2D eigenvalue weighted by atomic mass is 35.7. The highest BCUT2D eigenvalue weighted by Gasteiger charge is 1.85. The van der Waals surface area contributed by atoms with Crippen molar-refractivity contribution in [1.82, 2.24) is 4.90 Å². The first-order chi connectivity index (χ1) is 3.27. The predicted octanol–water partition coefficient (Wildman–Crippen LogP) is 1.32. The van der Waals surface area contributed by atoms with Crippen molar-refractivity contribution in [2.45, 2.75) is 0 Å². The van der Waals surface area contributed by atoms with Gasteiger partial charge in [0.25, 0.3) is 0 Å². The van der Waals surface area contributed by atoms with Crippen molar-refractivity contribution in [2.24, 2.45) is 0 Å². The maximum absolute atomic E-state index is 5.11. The van der Waals surface area contributed by atoms with E-state index in [1.807, 2.05) is 19.0 Å². The molecular formula is C3H8ClNOS. The molecule has 0 fully saturated rings. The first-order valence-corrected chi connectivity index (χ1v) is 3.39. The van der Waals surface area contributed by atoms with Crippen LogP contribution in [0.15, 0.2) is 0 Å². The summed E-state index contributed by atoms with van der Waals surface area (Å²) in [6, 6.07) is 0. The Bertz CT molecular complexity index is 43.9. The number of rotatable bonds is 3. The van der Waals surface area contributed by atoms with Crippen molar-refractivity contribution < 1.29 is 4.18 Å². The van der Waals surface area contributed by atoms with Gasteiger partial charge in [0.15, 0.2) is 0 Å². The third kappa shape index (κ3) is 6.56. The van der Waals surface area contributed by atoms with Crippen LogP contribution in [0.5, 0.6) is 0 Å². The van der Waals surface area contributed by atoms with Crippen molar-refractivity contribution in [3.8, 4) is 0 Å². The molecule has 0 aromatic rings. The van der Waals surface area contributed by atoms with Crippen molar-refractivity contribution in [1.29, 1.82) is 0 Å². The number of hydrogen-bond acceptors (Lipinski definition) is 3. The van der Waals surface area contributed by atoms with Gasteiger partial charge in [-0.15, -0.1) is 0 Å². The quantitative estimate of drug-likeness (QED) is 0.435. The minimum absolute atomic E-state index is 0.564. The molecule has 44 valence electrons.